The molecular weight excluding hydrogens is 298 g/mol. The number of aliphatic hydroxyl groups is 1. The van der Waals surface area contributed by atoms with E-state index in [9.17, 15) is 9.90 Å². The van der Waals surface area contributed by atoms with Gasteiger partial charge in [0.2, 0.25) is 5.91 Å². The highest BCUT2D eigenvalue weighted by molar-refractivity contribution is 7.99. The second kappa shape index (κ2) is 6.54. The van der Waals surface area contributed by atoms with Crippen molar-refractivity contribution >= 4 is 23.4 Å². The SMILES string of the molecule is Cn1c(CO)cnc1SCC(=O)N1CCCc2ccccc21. The standard InChI is InChI=1S/C16H19N3O2S/c1-18-13(10-20)9-17-16(18)22-11-15(21)19-8-4-6-12-5-2-3-7-14(12)19/h2-3,5,7,9,20H,4,6,8,10-11H2,1H3. The van der Waals surface area contributed by atoms with Gasteiger partial charge in [-0.05, 0) is 24.5 Å². The normalized spacial score (nSPS) is 14.0. The molecule has 22 heavy (non-hydrogen) atoms. The van der Waals surface area contributed by atoms with E-state index >= 15 is 0 Å². The van der Waals surface area contributed by atoms with E-state index < -0.39 is 0 Å². The molecule has 116 valence electrons. The fourth-order valence-electron chi connectivity index (χ4n) is 2.70. The summed E-state index contributed by atoms with van der Waals surface area (Å²) < 4.78 is 1.82. The smallest absolute Gasteiger partial charge is 0.237 e. The van der Waals surface area contributed by atoms with Crippen LogP contribution in [0.25, 0.3) is 0 Å². The molecule has 0 bridgehead atoms. The molecule has 0 saturated heterocycles. The first kappa shape index (κ1) is 15.1. The van der Waals surface area contributed by atoms with Crippen LogP contribution in [0.5, 0.6) is 0 Å². The maximum absolute atomic E-state index is 12.5. The summed E-state index contributed by atoms with van der Waals surface area (Å²) in [4.78, 5) is 18.7. The van der Waals surface area contributed by atoms with Crippen molar-refractivity contribution in [1.82, 2.24) is 9.55 Å². The van der Waals surface area contributed by atoms with E-state index in [0.29, 0.717) is 5.75 Å². The maximum atomic E-state index is 12.5. The molecule has 2 aromatic rings. The van der Waals surface area contributed by atoms with Crippen molar-refractivity contribution in [2.45, 2.75) is 24.6 Å². The number of hydrogen-bond donors (Lipinski definition) is 1. The number of para-hydroxylation sites is 1. The number of carbonyl (C=O) groups excluding carboxylic acids is 1. The Morgan fingerprint density at radius 3 is 3.00 bits per heavy atom. The Kier molecular flexibility index (Phi) is 4.49. The lowest BCUT2D eigenvalue weighted by molar-refractivity contribution is -0.116. The Morgan fingerprint density at radius 2 is 2.23 bits per heavy atom. The van der Waals surface area contributed by atoms with Crippen molar-refractivity contribution in [3.63, 3.8) is 0 Å². The Hall–Kier alpha value is -1.79. The lowest BCUT2D eigenvalue weighted by atomic mass is 10.0. The number of anilines is 1. The summed E-state index contributed by atoms with van der Waals surface area (Å²) in [5, 5.41) is 9.93. The van der Waals surface area contributed by atoms with Crippen molar-refractivity contribution < 1.29 is 9.90 Å². The molecule has 0 radical (unpaired) electrons. The summed E-state index contributed by atoms with van der Waals surface area (Å²) in [6, 6.07) is 8.10. The van der Waals surface area contributed by atoms with E-state index in [2.05, 4.69) is 11.1 Å². The van der Waals surface area contributed by atoms with Crippen molar-refractivity contribution in [1.29, 1.82) is 0 Å². The number of rotatable bonds is 4. The molecule has 6 heteroatoms. The molecule has 1 aliphatic rings. The third-order valence-electron chi connectivity index (χ3n) is 3.94. The van der Waals surface area contributed by atoms with Crippen LogP contribution in [0.3, 0.4) is 0 Å². The summed E-state index contributed by atoms with van der Waals surface area (Å²) in [5.41, 5.74) is 3.03. The van der Waals surface area contributed by atoms with E-state index in [4.69, 9.17) is 0 Å². The first-order chi connectivity index (χ1) is 10.7. The number of nitrogens with zero attached hydrogens (tertiary/aromatic N) is 3. The molecule has 0 atom stereocenters. The molecule has 2 heterocycles. The minimum atomic E-state index is -0.0441. The summed E-state index contributed by atoms with van der Waals surface area (Å²) >= 11 is 1.41. The lowest BCUT2D eigenvalue weighted by Crippen LogP contribution is -2.36. The van der Waals surface area contributed by atoms with E-state index in [-0.39, 0.29) is 12.5 Å². The first-order valence-corrected chi connectivity index (χ1v) is 8.32. The first-order valence-electron chi connectivity index (χ1n) is 7.33. The molecule has 3 rings (SSSR count). The van der Waals surface area contributed by atoms with Gasteiger partial charge in [-0.2, -0.15) is 0 Å². The summed E-state index contributed by atoms with van der Waals surface area (Å²) in [5.74, 6) is 0.454. The van der Waals surface area contributed by atoms with Crippen LogP contribution in [0, 0.1) is 0 Å². The number of hydrogen-bond acceptors (Lipinski definition) is 4. The van der Waals surface area contributed by atoms with Crippen molar-refractivity contribution in [2.24, 2.45) is 7.05 Å². The summed E-state index contributed by atoms with van der Waals surface area (Å²) in [7, 11) is 1.85. The van der Waals surface area contributed by atoms with Gasteiger partial charge in [-0.15, -0.1) is 0 Å². The minimum absolute atomic E-state index is 0.0441. The molecule has 5 nitrogen and oxygen atoms in total. The highest BCUT2D eigenvalue weighted by atomic mass is 32.2. The molecule has 1 N–H and O–H groups in total. The van der Waals surface area contributed by atoms with Crippen molar-refractivity contribution in [3.8, 4) is 0 Å². The lowest BCUT2D eigenvalue weighted by Gasteiger charge is -2.29. The molecule has 0 aliphatic carbocycles. The molecule has 0 saturated carbocycles. The fraction of sp³-hybridized carbons (Fsp3) is 0.375. The Balaban J connectivity index is 1.69. The van der Waals surface area contributed by atoms with E-state index in [0.717, 1.165) is 35.9 Å². The molecular formula is C16H19N3O2S. The van der Waals surface area contributed by atoms with Gasteiger partial charge in [0.1, 0.15) is 0 Å². The second-order valence-corrected chi connectivity index (χ2v) is 6.26. The third kappa shape index (κ3) is 2.89. The Morgan fingerprint density at radius 1 is 1.41 bits per heavy atom. The number of fused-ring (bicyclic) bond motifs is 1. The van der Waals surface area contributed by atoms with E-state index in [1.807, 2.05) is 34.7 Å². The van der Waals surface area contributed by atoms with Crippen LogP contribution in [-0.2, 0) is 24.9 Å². The summed E-state index contributed by atoms with van der Waals surface area (Å²) in [6.45, 7) is 0.733. The molecule has 0 fully saturated rings. The van der Waals surface area contributed by atoms with Gasteiger partial charge in [0.05, 0.1) is 24.3 Å². The predicted octanol–water partition coefficient (Wildman–Crippen LogP) is 1.98. The number of thioether (sulfide) groups is 1. The van der Waals surface area contributed by atoms with Gasteiger partial charge in [-0.1, -0.05) is 30.0 Å². The van der Waals surface area contributed by atoms with Crippen LogP contribution in [0.1, 0.15) is 17.7 Å². The van der Waals surface area contributed by atoms with Gasteiger partial charge in [-0.25, -0.2) is 4.98 Å². The maximum Gasteiger partial charge on any atom is 0.237 e. The van der Waals surface area contributed by atoms with Gasteiger partial charge in [0, 0.05) is 19.3 Å². The molecule has 1 amide bonds. The average Bonchev–Trinajstić information content (AvgIpc) is 2.92. The Labute approximate surface area is 134 Å². The fourth-order valence-corrected chi connectivity index (χ4v) is 3.55. The van der Waals surface area contributed by atoms with Crippen molar-refractivity contribution in [2.75, 3.05) is 17.2 Å². The summed E-state index contributed by atoms with van der Waals surface area (Å²) in [6.07, 6.45) is 3.68. The zero-order valence-electron chi connectivity index (χ0n) is 12.5. The number of carbonyl (C=O) groups is 1. The number of amides is 1. The molecule has 0 spiro atoms. The van der Waals surface area contributed by atoms with E-state index in [1.54, 1.807) is 6.20 Å². The van der Waals surface area contributed by atoms with Gasteiger partial charge in [0.15, 0.2) is 5.16 Å². The number of aryl methyl sites for hydroxylation is 1. The Bertz CT molecular complexity index is 684. The predicted molar refractivity (Wildman–Crippen MR) is 87.0 cm³/mol. The van der Waals surface area contributed by atoms with Crippen LogP contribution in [-0.4, -0.2) is 32.9 Å². The highest BCUT2D eigenvalue weighted by Crippen LogP contribution is 2.28. The number of aliphatic hydroxyl groups excluding tert-OH is 1. The molecule has 0 unspecified atom stereocenters. The van der Waals surface area contributed by atoms with Crippen LogP contribution < -0.4 is 4.90 Å². The minimum Gasteiger partial charge on any atom is -0.390 e. The van der Waals surface area contributed by atoms with Crippen molar-refractivity contribution in [3.05, 3.63) is 41.7 Å². The van der Waals surface area contributed by atoms with Gasteiger partial charge < -0.3 is 14.6 Å². The second-order valence-electron chi connectivity index (χ2n) is 5.32. The molecule has 1 aromatic heterocycles. The monoisotopic (exact) mass is 317 g/mol. The largest absolute Gasteiger partial charge is 0.390 e. The number of aromatic nitrogens is 2. The number of benzene rings is 1. The number of imidazole rings is 1. The van der Waals surface area contributed by atoms with Gasteiger partial charge >= 0.3 is 0 Å². The topological polar surface area (TPSA) is 58.4 Å². The zero-order chi connectivity index (χ0) is 15.5. The van der Waals surface area contributed by atoms with Crippen LogP contribution in [0.2, 0.25) is 0 Å². The van der Waals surface area contributed by atoms with Gasteiger partial charge in [0.25, 0.3) is 0 Å². The van der Waals surface area contributed by atoms with Crippen LogP contribution in [0.15, 0.2) is 35.6 Å². The van der Waals surface area contributed by atoms with Crippen LogP contribution in [0.4, 0.5) is 5.69 Å². The van der Waals surface area contributed by atoms with E-state index in [1.165, 1.54) is 17.3 Å². The average molecular weight is 317 g/mol. The highest BCUT2D eigenvalue weighted by Gasteiger charge is 2.22. The third-order valence-corrected chi connectivity index (χ3v) is 4.97. The quantitative estimate of drug-likeness (QED) is 0.876. The molecule has 1 aliphatic heterocycles. The van der Waals surface area contributed by atoms with Crippen LogP contribution >= 0.6 is 11.8 Å². The van der Waals surface area contributed by atoms with Gasteiger partial charge in [-0.3, -0.25) is 4.79 Å². The molecule has 1 aromatic carbocycles. The zero-order valence-corrected chi connectivity index (χ0v) is 13.3.